The van der Waals surface area contributed by atoms with Crippen molar-refractivity contribution in [2.24, 2.45) is 4.99 Å². The molecule has 1 aromatic carbocycles. The highest BCUT2D eigenvalue weighted by Crippen LogP contribution is 2.32. The van der Waals surface area contributed by atoms with Crippen LogP contribution in [0.5, 0.6) is 11.5 Å². The monoisotopic (exact) mass is 524 g/mol. The Balaban J connectivity index is 0.00000256. The highest BCUT2D eigenvalue weighted by molar-refractivity contribution is 14.0. The van der Waals surface area contributed by atoms with Crippen molar-refractivity contribution < 1.29 is 9.47 Å². The first-order chi connectivity index (χ1) is 14.2. The molecule has 0 amide bonds. The SMILES string of the molecule is CN=C(NCc1ccnc(N2CCN(C)CC2)c1)NCc1ccc2c(c1)OCO2.I. The molecule has 0 aliphatic carbocycles. The summed E-state index contributed by atoms with van der Waals surface area (Å²) in [6, 6.07) is 10.2. The first-order valence-electron chi connectivity index (χ1n) is 9.93. The first kappa shape index (κ1) is 22.4. The van der Waals surface area contributed by atoms with E-state index in [-0.39, 0.29) is 30.8 Å². The van der Waals surface area contributed by atoms with Crippen LogP contribution in [-0.2, 0) is 13.1 Å². The molecular formula is C21H29IN6O2. The summed E-state index contributed by atoms with van der Waals surface area (Å²) in [6.45, 7) is 5.79. The van der Waals surface area contributed by atoms with Crippen molar-refractivity contribution in [3.05, 3.63) is 47.7 Å². The van der Waals surface area contributed by atoms with Crippen molar-refractivity contribution in [3.8, 4) is 11.5 Å². The molecule has 162 valence electrons. The van der Waals surface area contributed by atoms with Gasteiger partial charge in [0, 0.05) is 52.5 Å². The van der Waals surface area contributed by atoms with Gasteiger partial charge < -0.3 is 29.9 Å². The molecule has 2 N–H and O–H groups in total. The number of hydrogen-bond donors (Lipinski definition) is 2. The molecule has 30 heavy (non-hydrogen) atoms. The summed E-state index contributed by atoms with van der Waals surface area (Å²) in [6.07, 6.45) is 1.88. The molecule has 4 rings (SSSR count). The molecule has 0 spiro atoms. The second-order valence-electron chi connectivity index (χ2n) is 7.28. The van der Waals surface area contributed by atoms with Crippen molar-refractivity contribution >= 4 is 35.8 Å². The number of piperazine rings is 1. The summed E-state index contributed by atoms with van der Waals surface area (Å²) >= 11 is 0. The van der Waals surface area contributed by atoms with Crippen molar-refractivity contribution in [1.29, 1.82) is 0 Å². The van der Waals surface area contributed by atoms with Crippen LogP contribution in [0.15, 0.2) is 41.5 Å². The zero-order valence-corrected chi connectivity index (χ0v) is 19.8. The number of halogens is 1. The minimum Gasteiger partial charge on any atom is -0.454 e. The van der Waals surface area contributed by atoms with E-state index in [4.69, 9.17) is 9.47 Å². The Bertz CT molecular complexity index is 870. The quantitative estimate of drug-likeness (QED) is 0.353. The van der Waals surface area contributed by atoms with E-state index in [1.165, 1.54) is 5.56 Å². The minimum absolute atomic E-state index is 0. The van der Waals surface area contributed by atoms with Crippen LogP contribution >= 0.6 is 24.0 Å². The number of nitrogens with zero attached hydrogens (tertiary/aromatic N) is 4. The second kappa shape index (κ2) is 10.7. The van der Waals surface area contributed by atoms with Gasteiger partial charge in [-0.25, -0.2) is 4.98 Å². The first-order valence-corrected chi connectivity index (χ1v) is 9.93. The molecule has 1 fully saturated rings. The van der Waals surface area contributed by atoms with Crippen LogP contribution in [0.4, 0.5) is 5.82 Å². The summed E-state index contributed by atoms with van der Waals surface area (Å²) < 4.78 is 10.8. The fourth-order valence-corrected chi connectivity index (χ4v) is 3.42. The fraction of sp³-hybridized carbons (Fsp3) is 0.429. The van der Waals surface area contributed by atoms with Crippen LogP contribution in [0, 0.1) is 0 Å². The number of ether oxygens (including phenoxy) is 2. The summed E-state index contributed by atoms with van der Waals surface area (Å²) in [7, 11) is 3.94. The smallest absolute Gasteiger partial charge is 0.231 e. The molecule has 2 aliphatic rings. The van der Waals surface area contributed by atoms with E-state index < -0.39 is 0 Å². The van der Waals surface area contributed by atoms with Crippen LogP contribution in [0.3, 0.4) is 0 Å². The Morgan fingerprint density at radius 3 is 2.43 bits per heavy atom. The molecule has 0 unspecified atom stereocenters. The molecule has 0 saturated carbocycles. The molecular weight excluding hydrogens is 495 g/mol. The molecule has 8 nitrogen and oxygen atoms in total. The Morgan fingerprint density at radius 1 is 1.00 bits per heavy atom. The molecule has 1 saturated heterocycles. The normalized spacial score (nSPS) is 16.2. The predicted octanol–water partition coefficient (Wildman–Crippen LogP) is 2.05. The molecule has 0 bridgehead atoms. The molecule has 9 heteroatoms. The number of guanidine groups is 1. The summed E-state index contributed by atoms with van der Waals surface area (Å²) in [5.74, 6) is 3.38. The second-order valence-corrected chi connectivity index (χ2v) is 7.28. The minimum atomic E-state index is 0. The van der Waals surface area contributed by atoms with Gasteiger partial charge in [-0.3, -0.25) is 4.99 Å². The molecule has 0 atom stereocenters. The van der Waals surface area contributed by atoms with Gasteiger partial charge in [0.2, 0.25) is 6.79 Å². The van der Waals surface area contributed by atoms with E-state index in [0.29, 0.717) is 13.1 Å². The van der Waals surface area contributed by atoms with E-state index in [2.05, 4.69) is 43.5 Å². The van der Waals surface area contributed by atoms with E-state index in [9.17, 15) is 0 Å². The van der Waals surface area contributed by atoms with E-state index in [1.54, 1.807) is 7.05 Å². The standard InChI is InChI=1S/C21H28N6O2.HI/c1-22-21(24-13-16-3-4-18-19(11-16)29-15-28-18)25-14-17-5-6-23-20(12-17)27-9-7-26(2)8-10-27;/h3-6,11-12H,7-10,13-15H2,1-2H3,(H2,22,24,25);1H. The number of nitrogens with one attached hydrogen (secondary N) is 2. The summed E-state index contributed by atoms with van der Waals surface area (Å²) in [5.41, 5.74) is 2.29. The lowest BCUT2D eigenvalue weighted by Crippen LogP contribution is -2.44. The molecule has 0 radical (unpaired) electrons. The average Bonchev–Trinajstić information content (AvgIpc) is 3.22. The van der Waals surface area contributed by atoms with Crippen molar-refractivity contribution in [2.45, 2.75) is 13.1 Å². The van der Waals surface area contributed by atoms with Gasteiger partial charge in [0.05, 0.1) is 0 Å². The van der Waals surface area contributed by atoms with Crippen molar-refractivity contribution in [2.75, 3.05) is 52.0 Å². The number of rotatable bonds is 5. The van der Waals surface area contributed by atoms with Gasteiger partial charge in [0.15, 0.2) is 17.5 Å². The molecule has 1 aromatic heterocycles. The maximum atomic E-state index is 5.44. The molecule has 2 aliphatic heterocycles. The number of aliphatic imine (C=N–C) groups is 1. The van der Waals surface area contributed by atoms with Crippen LogP contribution in [0.25, 0.3) is 0 Å². The van der Waals surface area contributed by atoms with E-state index in [1.807, 2.05) is 30.5 Å². The summed E-state index contributed by atoms with van der Waals surface area (Å²) in [5, 5.41) is 6.71. The summed E-state index contributed by atoms with van der Waals surface area (Å²) in [4.78, 5) is 13.6. The van der Waals surface area contributed by atoms with Crippen LogP contribution in [-0.4, -0.2) is 62.9 Å². The Hall–Kier alpha value is -2.27. The fourth-order valence-electron chi connectivity index (χ4n) is 3.42. The largest absolute Gasteiger partial charge is 0.454 e. The van der Waals surface area contributed by atoms with Gasteiger partial charge in [-0.2, -0.15) is 0 Å². The maximum absolute atomic E-state index is 5.44. The topological polar surface area (TPSA) is 74.3 Å². The number of hydrogen-bond acceptors (Lipinski definition) is 6. The third-order valence-electron chi connectivity index (χ3n) is 5.22. The van der Waals surface area contributed by atoms with Gasteiger partial charge in [-0.1, -0.05) is 6.07 Å². The van der Waals surface area contributed by atoms with Crippen LogP contribution in [0.1, 0.15) is 11.1 Å². The number of benzene rings is 1. The number of fused-ring (bicyclic) bond motifs is 1. The number of likely N-dealkylation sites (N-methyl/N-ethyl adjacent to an activating group) is 1. The molecule has 3 heterocycles. The van der Waals surface area contributed by atoms with Gasteiger partial charge in [-0.05, 0) is 42.4 Å². The maximum Gasteiger partial charge on any atom is 0.231 e. The predicted molar refractivity (Wildman–Crippen MR) is 129 cm³/mol. The highest BCUT2D eigenvalue weighted by Gasteiger charge is 2.16. The third-order valence-corrected chi connectivity index (χ3v) is 5.22. The molecule has 2 aromatic rings. The Labute approximate surface area is 194 Å². The van der Waals surface area contributed by atoms with Gasteiger partial charge >= 0.3 is 0 Å². The van der Waals surface area contributed by atoms with Gasteiger partial charge in [0.25, 0.3) is 0 Å². The van der Waals surface area contributed by atoms with E-state index >= 15 is 0 Å². The number of aromatic nitrogens is 1. The Kier molecular flexibility index (Phi) is 7.97. The van der Waals surface area contributed by atoms with Crippen molar-refractivity contribution in [1.82, 2.24) is 20.5 Å². The number of pyridine rings is 1. The zero-order valence-electron chi connectivity index (χ0n) is 17.4. The lowest BCUT2D eigenvalue weighted by Gasteiger charge is -2.33. The Morgan fingerprint density at radius 2 is 1.70 bits per heavy atom. The highest BCUT2D eigenvalue weighted by atomic mass is 127. The van der Waals surface area contributed by atoms with Crippen LogP contribution in [0.2, 0.25) is 0 Å². The van der Waals surface area contributed by atoms with Gasteiger partial charge in [-0.15, -0.1) is 24.0 Å². The van der Waals surface area contributed by atoms with Gasteiger partial charge in [0.1, 0.15) is 5.82 Å². The average molecular weight is 524 g/mol. The number of anilines is 1. The third kappa shape index (κ3) is 5.66. The lowest BCUT2D eigenvalue weighted by molar-refractivity contribution is 0.174. The zero-order chi connectivity index (χ0) is 20.1. The van der Waals surface area contributed by atoms with Crippen LogP contribution < -0.4 is 25.0 Å². The lowest BCUT2D eigenvalue weighted by atomic mass is 10.2. The van der Waals surface area contributed by atoms with Crippen molar-refractivity contribution in [3.63, 3.8) is 0 Å². The van der Waals surface area contributed by atoms with E-state index in [0.717, 1.165) is 55.0 Å².